The number of carbonyl (C=O) groups excluding carboxylic acids is 2. The molecule has 0 saturated carbocycles. The number of ether oxygens (including phenoxy) is 2. The van der Waals surface area contributed by atoms with Crippen LogP contribution in [0.25, 0.3) is 6.08 Å². The van der Waals surface area contributed by atoms with Crippen LogP contribution in [0.4, 0.5) is 4.39 Å². The van der Waals surface area contributed by atoms with Gasteiger partial charge in [-0.25, -0.2) is 17.6 Å². The van der Waals surface area contributed by atoms with Gasteiger partial charge in [-0.05, 0) is 59.8 Å². The first-order chi connectivity index (χ1) is 16.1. The van der Waals surface area contributed by atoms with Crippen LogP contribution < -0.4 is 9.47 Å². The number of carbonyl (C=O) groups is 2. The number of hydrogen-bond acceptors (Lipinski definition) is 9. The topological polar surface area (TPSA) is 139 Å². The van der Waals surface area contributed by atoms with Gasteiger partial charge in [0.15, 0.2) is 17.3 Å². The molecule has 2 aliphatic rings. The van der Waals surface area contributed by atoms with E-state index in [0.29, 0.717) is 17.3 Å². The average molecular weight is 503 g/mol. The van der Waals surface area contributed by atoms with E-state index < -0.39 is 27.5 Å². The first-order valence-electron chi connectivity index (χ1n) is 9.43. The SMILES string of the molecule is COc1cc(C=C2C(=N)N3N=C(S(C)(=O)=O)SC3=NC2=O)ccc1OC(=O)c1ccc(F)cc1. The second kappa shape index (κ2) is 8.83. The minimum absolute atomic E-state index is 0.0202. The highest BCUT2D eigenvalue weighted by atomic mass is 32.3. The number of halogens is 1. The largest absolute Gasteiger partial charge is 0.493 e. The molecule has 174 valence electrons. The smallest absolute Gasteiger partial charge is 0.343 e. The molecule has 34 heavy (non-hydrogen) atoms. The Bertz CT molecular complexity index is 1430. The highest BCUT2D eigenvalue weighted by molar-refractivity contribution is 8.42. The van der Waals surface area contributed by atoms with Gasteiger partial charge in [0.05, 0.1) is 18.2 Å². The summed E-state index contributed by atoms with van der Waals surface area (Å²) in [5.41, 5.74) is 0.437. The summed E-state index contributed by atoms with van der Waals surface area (Å²) in [6.45, 7) is 0. The fourth-order valence-electron chi connectivity index (χ4n) is 2.89. The van der Waals surface area contributed by atoms with Crippen molar-refractivity contribution in [3.63, 3.8) is 0 Å². The third-order valence-electron chi connectivity index (χ3n) is 4.53. The number of sulfone groups is 1. The molecule has 0 saturated heterocycles. The Balaban J connectivity index is 1.60. The number of hydrogen-bond donors (Lipinski definition) is 1. The summed E-state index contributed by atoms with van der Waals surface area (Å²) in [6, 6.07) is 9.27. The molecule has 4 rings (SSSR count). The highest BCUT2D eigenvalue weighted by Gasteiger charge is 2.38. The Hall–Kier alpha value is -3.84. The Labute approximate surface area is 197 Å². The van der Waals surface area contributed by atoms with Crippen LogP contribution in [0.15, 0.2) is 58.1 Å². The monoisotopic (exact) mass is 502 g/mol. The number of nitrogens with one attached hydrogen (secondary N) is 1. The molecule has 0 spiro atoms. The van der Waals surface area contributed by atoms with Gasteiger partial charge in [-0.15, -0.1) is 5.10 Å². The number of thioether (sulfide) groups is 1. The zero-order valence-electron chi connectivity index (χ0n) is 17.6. The number of methoxy groups -OCH3 is 1. The van der Waals surface area contributed by atoms with E-state index in [4.69, 9.17) is 14.9 Å². The maximum absolute atomic E-state index is 13.1. The van der Waals surface area contributed by atoms with Gasteiger partial charge in [0.1, 0.15) is 5.82 Å². The second-order valence-electron chi connectivity index (χ2n) is 6.96. The molecule has 1 N–H and O–H groups in total. The highest BCUT2D eigenvalue weighted by Crippen LogP contribution is 2.32. The van der Waals surface area contributed by atoms with E-state index in [2.05, 4.69) is 10.1 Å². The van der Waals surface area contributed by atoms with Crippen molar-refractivity contribution < 1.29 is 31.9 Å². The molecule has 0 atom stereocenters. The summed E-state index contributed by atoms with van der Waals surface area (Å²) >= 11 is 0.690. The summed E-state index contributed by atoms with van der Waals surface area (Å²) in [7, 11) is -2.28. The number of esters is 1. The van der Waals surface area contributed by atoms with Crippen LogP contribution in [0.5, 0.6) is 11.5 Å². The summed E-state index contributed by atoms with van der Waals surface area (Å²) < 4.78 is 46.9. The lowest BCUT2D eigenvalue weighted by Crippen LogP contribution is -2.35. The summed E-state index contributed by atoms with van der Waals surface area (Å²) in [4.78, 5) is 28.6. The molecular formula is C21H15FN4O6S2. The predicted molar refractivity (Wildman–Crippen MR) is 124 cm³/mol. The molecule has 2 heterocycles. The third kappa shape index (κ3) is 4.61. The molecule has 0 unspecified atom stereocenters. The van der Waals surface area contributed by atoms with Gasteiger partial charge < -0.3 is 9.47 Å². The van der Waals surface area contributed by atoms with Gasteiger partial charge in [-0.2, -0.15) is 10.0 Å². The van der Waals surface area contributed by atoms with Crippen LogP contribution >= 0.6 is 11.8 Å². The lowest BCUT2D eigenvalue weighted by Gasteiger charge is -2.20. The number of hydrazone groups is 1. The fourth-order valence-corrected chi connectivity index (χ4v) is 4.58. The molecule has 0 radical (unpaired) electrons. The number of amidine groups is 2. The van der Waals surface area contributed by atoms with E-state index in [1.54, 1.807) is 0 Å². The first-order valence-corrected chi connectivity index (χ1v) is 12.1. The average Bonchev–Trinajstić information content (AvgIpc) is 3.22. The minimum atomic E-state index is -3.64. The van der Waals surface area contributed by atoms with Crippen molar-refractivity contribution in [2.75, 3.05) is 13.4 Å². The van der Waals surface area contributed by atoms with Crippen LogP contribution in [0.1, 0.15) is 15.9 Å². The Morgan fingerprint density at radius 1 is 1.18 bits per heavy atom. The number of fused-ring (bicyclic) bond motifs is 1. The molecule has 13 heteroatoms. The van der Waals surface area contributed by atoms with Gasteiger partial charge in [-0.3, -0.25) is 10.2 Å². The zero-order valence-corrected chi connectivity index (χ0v) is 19.2. The molecule has 2 aromatic rings. The van der Waals surface area contributed by atoms with Crippen molar-refractivity contribution in [1.29, 1.82) is 5.41 Å². The number of rotatable bonds is 4. The number of aliphatic imine (C=N–C) groups is 1. The lowest BCUT2D eigenvalue weighted by molar-refractivity contribution is -0.114. The second-order valence-corrected chi connectivity index (χ2v) is 10.1. The quantitative estimate of drug-likeness (QED) is 0.383. The molecular weight excluding hydrogens is 487 g/mol. The van der Waals surface area contributed by atoms with E-state index >= 15 is 0 Å². The first kappa shape index (κ1) is 23.3. The van der Waals surface area contributed by atoms with Crippen LogP contribution in [-0.2, 0) is 14.6 Å². The van der Waals surface area contributed by atoms with Crippen molar-refractivity contribution in [1.82, 2.24) is 5.01 Å². The van der Waals surface area contributed by atoms with Crippen molar-refractivity contribution in [2.24, 2.45) is 10.1 Å². The van der Waals surface area contributed by atoms with E-state index in [1.165, 1.54) is 43.5 Å². The predicted octanol–water partition coefficient (Wildman–Crippen LogP) is 2.67. The van der Waals surface area contributed by atoms with E-state index in [1.807, 2.05) is 0 Å². The third-order valence-corrected chi connectivity index (χ3v) is 7.11. The normalized spacial score (nSPS) is 16.8. The van der Waals surface area contributed by atoms with Gasteiger partial charge in [-0.1, -0.05) is 6.07 Å². The summed E-state index contributed by atoms with van der Waals surface area (Å²) in [6.07, 6.45) is 2.33. The molecule has 0 fully saturated rings. The van der Waals surface area contributed by atoms with Crippen LogP contribution in [0.3, 0.4) is 0 Å². The summed E-state index contributed by atoms with van der Waals surface area (Å²) in [5, 5.41) is 13.1. The molecule has 0 aromatic heterocycles. The summed E-state index contributed by atoms with van der Waals surface area (Å²) in [5.74, 6) is -2.04. The molecule has 10 nitrogen and oxygen atoms in total. The standard InChI is InChI=1S/C21H15FN4O6S2/c1-31-16-10-11(3-8-15(16)32-19(28)12-4-6-13(22)7-5-12)9-14-17(23)26-20(24-18(14)27)33-21(25-26)34(2,29)30/h3-10,23H,1-2H3. The minimum Gasteiger partial charge on any atom is -0.493 e. The fraction of sp³-hybridized carbons (Fsp3) is 0.0952. The molecule has 0 bridgehead atoms. The van der Waals surface area contributed by atoms with E-state index in [9.17, 15) is 22.4 Å². The lowest BCUT2D eigenvalue weighted by atomic mass is 10.1. The molecule has 0 aliphatic carbocycles. The number of benzene rings is 2. The zero-order chi connectivity index (χ0) is 24.6. The maximum atomic E-state index is 13.1. The Morgan fingerprint density at radius 3 is 2.53 bits per heavy atom. The Kier molecular flexibility index (Phi) is 6.06. The molecule has 2 aliphatic heterocycles. The van der Waals surface area contributed by atoms with Crippen molar-refractivity contribution in [3.8, 4) is 11.5 Å². The Morgan fingerprint density at radius 2 is 1.88 bits per heavy atom. The van der Waals surface area contributed by atoms with Gasteiger partial charge in [0.2, 0.25) is 19.4 Å². The van der Waals surface area contributed by atoms with Gasteiger partial charge in [0, 0.05) is 6.26 Å². The number of nitrogens with zero attached hydrogens (tertiary/aromatic N) is 3. The van der Waals surface area contributed by atoms with Crippen molar-refractivity contribution >= 4 is 54.9 Å². The van der Waals surface area contributed by atoms with E-state index in [-0.39, 0.29) is 38.0 Å². The number of amides is 1. The maximum Gasteiger partial charge on any atom is 0.343 e. The van der Waals surface area contributed by atoms with Crippen LogP contribution in [-0.4, -0.2) is 54.0 Å². The van der Waals surface area contributed by atoms with E-state index in [0.717, 1.165) is 23.4 Å². The van der Waals surface area contributed by atoms with Crippen molar-refractivity contribution in [2.45, 2.75) is 0 Å². The molecule has 2 aromatic carbocycles. The molecule has 1 amide bonds. The van der Waals surface area contributed by atoms with Crippen LogP contribution in [0.2, 0.25) is 0 Å². The van der Waals surface area contributed by atoms with Crippen molar-refractivity contribution in [3.05, 3.63) is 65.0 Å². The van der Waals surface area contributed by atoms with Crippen LogP contribution in [0, 0.1) is 11.2 Å². The van der Waals surface area contributed by atoms with Gasteiger partial charge in [0.25, 0.3) is 5.91 Å². The van der Waals surface area contributed by atoms with Gasteiger partial charge >= 0.3 is 5.97 Å².